The topological polar surface area (TPSA) is 44.7 Å². The van der Waals surface area contributed by atoms with Gasteiger partial charge in [-0.15, -0.1) is 5.10 Å². The number of hydrogen-bond acceptors (Lipinski definition) is 4. The molecule has 1 fully saturated rings. The molecule has 0 unspecified atom stereocenters. The number of rotatable bonds is 4. The summed E-state index contributed by atoms with van der Waals surface area (Å²) in [5.74, 6) is -0.135. The van der Waals surface area contributed by atoms with Crippen molar-refractivity contribution in [1.29, 1.82) is 0 Å². The zero-order chi connectivity index (χ0) is 19.3. The fourth-order valence-electron chi connectivity index (χ4n) is 2.71. The third kappa shape index (κ3) is 3.96. The van der Waals surface area contributed by atoms with Crippen molar-refractivity contribution < 1.29 is 4.79 Å². The van der Waals surface area contributed by atoms with Crippen molar-refractivity contribution in [2.75, 3.05) is 10.3 Å². The number of thioether (sulfide) groups is 1. The lowest BCUT2D eigenvalue weighted by molar-refractivity contribution is -0.113. The molecule has 4 nitrogen and oxygen atoms in total. The Labute approximate surface area is 172 Å². The van der Waals surface area contributed by atoms with E-state index in [0.717, 1.165) is 16.9 Å². The molecule has 1 N–H and O–H groups in total. The smallest absolute Gasteiger partial charge is 0.271 e. The summed E-state index contributed by atoms with van der Waals surface area (Å²) in [7, 11) is 0. The maximum Gasteiger partial charge on any atom is 0.271 e. The molecule has 0 saturated carbocycles. The third-order valence-electron chi connectivity index (χ3n) is 4.07. The standard InChI is InChI=1S/C22H16ClN3OS/c23-19-14-8-7-9-16(19)15-20-21(27)26(18-12-5-2-6-13-18)22(28-20)25-24-17-10-3-1-4-11-17/h1-15,24H/b20-15-,25-22+. The molecular formula is C22H16ClN3OS. The first-order valence-corrected chi connectivity index (χ1v) is 9.84. The lowest BCUT2D eigenvalue weighted by atomic mass is 10.2. The minimum absolute atomic E-state index is 0.135. The number of para-hydroxylation sites is 2. The van der Waals surface area contributed by atoms with Gasteiger partial charge in [-0.1, -0.05) is 66.2 Å². The summed E-state index contributed by atoms with van der Waals surface area (Å²) in [5.41, 5.74) is 5.43. The Morgan fingerprint density at radius 2 is 1.54 bits per heavy atom. The highest BCUT2D eigenvalue weighted by Crippen LogP contribution is 2.36. The molecule has 6 heteroatoms. The fourth-order valence-corrected chi connectivity index (χ4v) is 3.83. The Morgan fingerprint density at radius 1 is 0.893 bits per heavy atom. The van der Waals surface area contributed by atoms with E-state index < -0.39 is 0 Å². The molecule has 0 radical (unpaired) electrons. The molecule has 0 bridgehead atoms. The molecule has 1 aliphatic rings. The van der Waals surface area contributed by atoms with Gasteiger partial charge in [-0.05, 0) is 53.7 Å². The van der Waals surface area contributed by atoms with Crippen LogP contribution in [-0.4, -0.2) is 11.1 Å². The number of halogens is 1. The monoisotopic (exact) mass is 405 g/mol. The van der Waals surface area contributed by atoms with Gasteiger partial charge in [0.2, 0.25) is 0 Å². The van der Waals surface area contributed by atoms with Crippen LogP contribution in [0.5, 0.6) is 0 Å². The Hall–Kier alpha value is -3.02. The van der Waals surface area contributed by atoms with Crippen LogP contribution in [0.1, 0.15) is 5.56 Å². The Balaban J connectivity index is 1.71. The molecule has 138 valence electrons. The second-order valence-corrected chi connectivity index (χ2v) is 7.40. The molecule has 1 heterocycles. The molecule has 0 spiro atoms. The summed E-state index contributed by atoms with van der Waals surface area (Å²) < 4.78 is 0. The van der Waals surface area contributed by atoms with Crippen molar-refractivity contribution >= 4 is 51.9 Å². The van der Waals surface area contributed by atoms with Crippen LogP contribution in [0.15, 0.2) is 94.9 Å². The van der Waals surface area contributed by atoms with Gasteiger partial charge in [0, 0.05) is 5.02 Å². The summed E-state index contributed by atoms with van der Waals surface area (Å²) in [5, 5.41) is 5.63. The molecule has 0 atom stereocenters. The first-order valence-electron chi connectivity index (χ1n) is 8.65. The van der Waals surface area contributed by atoms with Crippen molar-refractivity contribution in [3.63, 3.8) is 0 Å². The second-order valence-electron chi connectivity index (χ2n) is 5.98. The SMILES string of the molecule is O=C1/C(=C/c2ccccc2Cl)S/C(=N/Nc2ccccc2)N1c1ccccc1. The minimum Gasteiger partial charge on any atom is -0.276 e. The van der Waals surface area contributed by atoms with Gasteiger partial charge >= 0.3 is 0 Å². The normalized spacial score (nSPS) is 16.8. The first kappa shape index (κ1) is 18.3. The highest BCUT2D eigenvalue weighted by molar-refractivity contribution is 8.19. The summed E-state index contributed by atoms with van der Waals surface area (Å²) in [6, 6.07) is 26.5. The molecule has 0 aliphatic carbocycles. The molecule has 0 aromatic heterocycles. The average molecular weight is 406 g/mol. The van der Waals surface area contributed by atoms with Gasteiger partial charge in [0.15, 0.2) is 5.17 Å². The molecule has 3 aromatic rings. The zero-order valence-corrected chi connectivity index (χ0v) is 16.3. The highest BCUT2D eigenvalue weighted by Gasteiger charge is 2.35. The molecule has 1 saturated heterocycles. The van der Waals surface area contributed by atoms with Crippen LogP contribution in [0.2, 0.25) is 5.02 Å². The maximum atomic E-state index is 13.1. The average Bonchev–Trinajstić information content (AvgIpc) is 3.05. The van der Waals surface area contributed by atoms with Crippen molar-refractivity contribution in [3.05, 3.63) is 100 Å². The molecule has 4 rings (SSSR count). The van der Waals surface area contributed by atoms with E-state index in [1.54, 1.807) is 17.0 Å². The zero-order valence-electron chi connectivity index (χ0n) is 14.7. The van der Waals surface area contributed by atoms with Gasteiger partial charge < -0.3 is 0 Å². The van der Waals surface area contributed by atoms with Gasteiger partial charge in [-0.3, -0.25) is 15.1 Å². The Kier molecular flexibility index (Phi) is 5.46. The third-order valence-corrected chi connectivity index (χ3v) is 5.38. The van der Waals surface area contributed by atoms with E-state index in [0.29, 0.717) is 15.1 Å². The van der Waals surface area contributed by atoms with E-state index >= 15 is 0 Å². The number of anilines is 2. The van der Waals surface area contributed by atoms with Gasteiger partial charge in [-0.2, -0.15) is 0 Å². The fraction of sp³-hybridized carbons (Fsp3) is 0. The number of benzene rings is 3. The number of carbonyl (C=O) groups is 1. The van der Waals surface area contributed by atoms with Crippen LogP contribution in [0.3, 0.4) is 0 Å². The van der Waals surface area contributed by atoms with E-state index in [-0.39, 0.29) is 5.91 Å². The minimum atomic E-state index is -0.135. The summed E-state index contributed by atoms with van der Waals surface area (Å²) in [4.78, 5) is 15.3. The number of carbonyl (C=O) groups excluding carboxylic acids is 1. The maximum absolute atomic E-state index is 13.1. The first-order chi connectivity index (χ1) is 13.7. The number of amidine groups is 1. The van der Waals surface area contributed by atoms with E-state index in [1.807, 2.05) is 78.9 Å². The van der Waals surface area contributed by atoms with E-state index in [4.69, 9.17) is 11.6 Å². The van der Waals surface area contributed by atoms with Gasteiger partial charge in [-0.25, -0.2) is 0 Å². The van der Waals surface area contributed by atoms with E-state index in [2.05, 4.69) is 10.5 Å². The highest BCUT2D eigenvalue weighted by atomic mass is 35.5. The Morgan fingerprint density at radius 3 is 2.25 bits per heavy atom. The summed E-state index contributed by atoms with van der Waals surface area (Å²) in [6.45, 7) is 0. The largest absolute Gasteiger partial charge is 0.276 e. The lowest BCUT2D eigenvalue weighted by Gasteiger charge is -2.15. The van der Waals surface area contributed by atoms with Crippen LogP contribution in [0, 0.1) is 0 Å². The van der Waals surface area contributed by atoms with Gasteiger partial charge in [0.1, 0.15) is 0 Å². The van der Waals surface area contributed by atoms with Crippen molar-refractivity contribution in [1.82, 2.24) is 0 Å². The lowest BCUT2D eigenvalue weighted by Crippen LogP contribution is -2.29. The number of hydrogen-bond donors (Lipinski definition) is 1. The molecule has 1 amide bonds. The molecule has 28 heavy (non-hydrogen) atoms. The quantitative estimate of drug-likeness (QED) is 0.437. The molecule has 3 aromatic carbocycles. The summed E-state index contributed by atoms with van der Waals surface area (Å²) >= 11 is 7.57. The predicted octanol–water partition coefficient (Wildman–Crippen LogP) is 5.84. The van der Waals surface area contributed by atoms with Crippen LogP contribution >= 0.6 is 23.4 Å². The van der Waals surface area contributed by atoms with Crippen molar-refractivity contribution in [3.8, 4) is 0 Å². The molecule has 1 aliphatic heterocycles. The van der Waals surface area contributed by atoms with Crippen LogP contribution in [0.4, 0.5) is 11.4 Å². The van der Waals surface area contributed by atoms with Crippen LogP contribution in [-0.2, 0) is 4.79 Å². The van der Waals surface area contributed by atoms with Crippen LogP contribution in [0.25, 0.3) is 6.08 Å². The van der Waals surface area contributed by atoms with Crippen molar-refractivity contribution in [2.45, 2.75) is 0 Å². The predicted molar refractivity (Wildman–Crippen MR) is 118 cm³/mol. The van der Waals surface area contributed by atoms with Crippen LogP contribution < -0.4 is 10.3 Å². The molecular weight excluding hydrogens is 390 g/mol. The van der Waals surface area contributed by atoms with Gasteiger partial charge in [0.05, 0.1) is 16.3 Å². The number of nitrogens with one attached hydrogen (secondary N) is 1. The summed E-state index contributed by atoms with van der Waals surface area (Å²) in [6.07, 6.45) is 1.80. The number of amides is 1. The number of hydrazone groups is 1. The Bertz CT molecular complexity index is 1050. The van der Waals surface area contributed by atoms with E-state index in [9.17, 15) is 4.79 Å². The van der Waals surface area contributed by atoms with Crippen molar-refractivity contribution in [2.24, 2.45) is 5.10 Å². The van der Waals surface area contributed by atoms with Gasteiger partial charge in [0.25, 0.3) is 5.91 Å². The second kappa shape index (κ2) is 8.33. The number of nitrogens with zero attached hydrogens (tertiary/aromatic N) is 2. The van der Waals surface area contributed by atoms with E-state index in [1.165, 1.54) is 11.8 Å².